The van der Waals surface area contributed by atoms with Gasteiger partial charge in [0.25, 0.3) is 0 Å². The molecule has 0 spiro atoms. The van der Waals surface area contributed by atoms with Crippen LogP contribution in [0, 0.1) is 5.92 Å². The fraction of sp³-hybridized carbons (Fsp3) is 0.333. The Kier molecular flexibility index (Phi) is 3.75. The molecule has 0 amide bonds. The van der Waals surface area contributed by atoms with Crippen LogP contribution in [0.5, 0.6) is 5.75 Å². The van der Waals surface area contributed by atoms with Gasteiger partial charge < -0.3 is 9.84 Å². The first-order valence-corrected chi connectivity index (χ1v) is 7.25. The summed E-state index contributed by atoms with van der Waals surface area (Å²) >= 11 is 0. The van der Waals surface area contributed by atoms with Crippen LogP contribution in [0.4, 0.5) is 0 Å². The highest BCUT2D eigenvalue weighted by molar-refractivity contribution is 5.35. The fourth-order valence-corrected chi connectivity index (χ4v) is 3.04. The molecule has 2 nitrogen and oxygen atoms in total. The van der Waals surface area contributed by atoms with E-state index in [4.69, 9.17) is 4.74 Å². The maximum atomic E-state index is 10.6. The Balaban J connectivity index is 1.77. The van der Waals surface area contributed by atoms with Gasteiger partial charge in [-0.15, -0.1) is 0 Å². The Labute approximate surface area is 120 Å². The summed E-state index contributed by atoms with van der Waals surface area (Å²) in [6.45, 7) is 2.62. The van der Waals surface area contributed by atoms with Gasteiger partial charge in [0.05, 0.1) is 12.7 Å². The molecule has 1 unspecified atom stereocenters. The molecule has 0 bridgehead atoms. The molecule has 2 heteroatoms. The summed E-state index contributed by atoms with van der Waals surface area (Å²) in [7, 11) is 0. The normalized spacial score (nSPS) is 15.9. The number of ether oxygens (including phenoxy) is 1. The van der Waals surface area contributed by atoms with Crippen molar-refractivity contribution in [3.63, 3.8) is 0 Å². The van der Waals surface area contributed by atoms with Gasteiger partial charge in [-0.3, -0.25) is 0 Å². The largest absolute Gasteiger partial charge is 0.494 e. The van der Waals surface area contributed by atoms with E-state index in [0.717, 1.165) is 24.2 Å². The van der Waals surface area contributed by atoms with Gasteiger partial charge >= 0.3 is 0 Å². The third-order valence-corrected chi connectivity index (χ3v) is 4.04. The van der Waals surface area contributed by atoms with Crippen LogP contribution < -0.4 is 4.74 Å². The first-order chi connectivity index (χ1) is 9.78. The maximum Gasteiger partial charge on any atom is 0.119 e. The minimum absolute atomic E-state index is 0.268. The molecule has 1 aliphatic carbocycles. The van der Waals surface area contributed by atoms with Gasteiger partial charge in [0.2, 0.25) is 0 Å². The molecule has 0 fully saturated rings. The summed E-state index contributed by atoms with van der Waals surface area (Å²) in [6.07, 6.45) is 1.48. The number of fused-ring (bicyclic) bond motifs is 1. The van der Waals surface area contributed by atoms with Crippen LogP contribution in [-0.2, 0) is 12.8 Å². The van der Waals surface area contributed by atoms with Crippen molar-refractivity contribution in [1.29, 1.82) is 0 Å². The maximum absolute atomic E-state index is 10.6. The lowest BCUT2D eigenvalue weighted by Gasteiger charge is -2.18. The molecule has 1 atom stereocenters. The minimum Gasteiger partial charge on any atom is -0.494 e. The van der Waals surface area contributed by atoms with Gasteiger partial charge in [-0.1, -0.05) is 36.4 Å². The molecule has 1 aliphatic rings. The van der Waals surface area contributed by atoms with Crippen molar-refractivity contribution in [1.82, 2.24) is 0 Å². The van der Waals surface area contributed by atoms with E-state index in [-0.39, 0.29) is 5.92 Å². The molecule has 2 aromatic rings. The molecule has 0 aromatic heterocycles. The van der Waals surface area contributed by atoms with E-state index in [1.54, 1.807) is 0 Å². The van der Waals surface area contributed by atoms with Crippen LogP contribution >= 0.6 is 0 Å². The van der Waals surface area contributed by atoms with Crippen molar-refractivity contribution >= 4 is 0 Å². The van der Waals surface area contributed by atoms with Crippen LogP contribution in [0.2, 0.25) is 0 Å². The summed E-state index contributed by atoms with van der Waals surface area (Å²) in [5, 5.41) is 10.6. The monoisotopic (exact) mass is 268 g/mol. The molecule has 3 rings (SSSR count). The third-order valence-electron chi connectivity index (χ3n) is 4.04. The number of hydrogen-bond donors (Lipinski definition) is 1. The third kappa shape index (κ3) is 2.56. The van der Waals surface area contributed by atoms with E-state index in [1.165, 1.54) is 11.1 Å². The Bertz CT molecular complexity index is 566. The molecule has 1 N–H and O–H groups in total. The lowest BCUT2D eigenvalue weighted by molar-refractivity contribution is 0.113. The highest BCUT2D eigenvalue weighted by Gasteiger charge is 2.28. The summed E-state index contributed by atoms with van der Waals surface area (Å²) in [4.78, 5) is 0. The quantitative estimate of drug-likeness (QED) is 0.919. The van der Waals surface area contributed by atoms with Gasteiger partial charge in [0, 0.05) is 0 Å². The average Bonchev–Trinajstić information content (AvgIpc) is 2.91. The SMILES string of the molecule is CCOc1cccc(C(O)C2Cc3ccccc3C2)c1. The highest BCUT2D eigenvalue weighted by Crippen LogP contribution is 2.35. The van der Waals surface area contributed by atoms with Crippen molar-refractivity contribution in [2.45, 2.75) is 25.9 Å². The molecule has 0 saturated heterocycles. The summed E-state index contributed by atoms with van der Waals surface area (Å²) in [6, 6.07) is 16.3. The second kappa shape index (κ2) is 5.68. The van der Waals surface area contributed by atoms with Crippen molar-refractivity contribution in [2.75, 3.05) is 6.61 Å². The van der Waals surface area contributed by atoms with Crippen LogP contribution in [0.25, 0.3) is 0 Å². The molecule has 0 heterocycles. The smallest absolute Gasteiger partial charge is 0.119 e. The number of aliphatic hydroxyl groups excluding tert-OH is 1. The Hall–Kier alpha value is -1.80. The summed E-state index contributed by atoms with van der Waals surface area (Å²) < 4.78 is 5.51. The zero-order chi connectivity index (χ0) is 13.9. The molecule has 0 radical (unpaired) electrons. The molecule has 20 heavy (non-hydrogen) atoms. The Morgan fingerprint density at radius 1 is 1.10 bits per heavy atom. The van der Waals surface area contributed by atoms with Gasteiger partial charge in [-0.25, -0.2) is 0 Å². The molecular weight excluding hydrogens is 248 g/mol. The lowest BCUT2D eigenvalue weighted by Crippen LogP contribution is -2.13. The Morgan fingerprint density at radius 2 is 1.80 bits per heavy atom. The Morgan fingerprint density at radius 3 is 2.45 bits per heavy atom. The van der Waals surface area contributed by atoms with Gasteiger partial charge in [-0.2, -0.15) is 0 Å². The van der Waals surface area contributed by atoms with Crippen LogP contribution in [0.15, 0.2) is 48.5 Å². The van der Waals surface area contributed by atoms with E-state index in [1.807, 2.05) is 31.2 Å². The van der Waals surface area contributed by atoms with E-state index in [0.29, 0.717) is 6.61 Å². The van der Waals surface area contributed by atoms with Crippen molar-refractivity contribution in [2.24, 2.45) is 5.92 Å². The number of hydrogen-bond acceptors (Lipinski definition) is 2. The number of benzene rings is 2. The second-order valence-electron chi connectivity index (χ2n) is 5.39. The number of aliphatic hydroxyl groups is 1. The molecule has 2 aromatic carbocycles. The van der Waals surface area contributed by atoms with E-state index in [9.17, 15) is 5.11 Å². The first-order valence-electron chi connectivity index (χ1n) is 7.25. The molecule has 104 valence electrons. The molecular formula is C18H20O2. The standard InChI is InChI=1S/C18H20O2/c1-2-20-17-9-5-8-15(12-17)18(19)16-10-13-6-3-4-7-14(13)11-16/h3-9,12,16,18-19H,2,10-11H2,1H3. The zero-order valence-corrected chi connectivity index (χ0v) is 11.8. The summed E-state index contributed by atoms with van der Waals surface area (Å²) in [5.74, 6) is 1.10. The topological polar surface area (TPSA) is 29.5 Å². The zero-order valence-electron chi connectivity index (χ0n) is 11.8. The predicted molar refractivity (Wildman–Crippen MR) is 79.9 cm³/mol. The average molecular weight is 268 g/mol. The van der Waals surface area contributed by atoms with E-state index >= 15 is 0 Å². The lowest BCUT2D eigenvalue weighted by atomic mass is 9.93. The second-order valence-corrected chi connectivity index (χ2v) is 5.39. The van der Waals surface area contributed by atoms with Gasteiger partial charge in [-0.05, 0) is 54.5 Å². The van der Waals surface area contributed by atoms with Crippen molar-refractivity contribution < 1.29 is 9.84 Å². The first kappa shape index (κ1) is 13.2. The summed E-state index contributed by atoms with van der Waals surface area (Å²) in [5.41, 5.74) is 3.70. The van der Waals surface area contributed by atoms with E-state index < -0.39 is 6.10 Å². The van der Waals surface area contributed by atoms with Crippen LogP contribution in [-0.4, -0.2) is 11.7 Å². The van der Waals surface area contributed by atoms with Crippen LogP contribution in [0.3, 0.4) is 0 Å². The molecule has 0 aliphatic heterocycles. The van der Waals surface area contributed by atoms with Gasteiger partial charge in [0.15, 0.2) is 0 Å². The van der Waals surface area contributed by atoms with Gasteiger partial charge in [0.1, 0.15) is 5.75 Å². The van der Waals surface area contributed by atoms with Crippen LogP contribution in [0.1, 0.15) is 29.7 Å². The van der Waals surface area contributed by atoms with Crippen molar-refractivity contribution in [3.8, 4) is 5.75 Å². The van der Waals surface area contributed by atoms with Crippen molar-refractivity contribution in [3.05, 3.63) is 65.2 Å². The molecule has 0 saturated carbocycles. The van der Waals surface area contributed by atoms with E-state index in [2.05, 4.69) is 24.3 Å². The highest BCUT2D eigenvalue weighted by atomic mass is 16.5. The number of rotatable bonds is 4. The predicted octanol–water partition coefficient (Wildman–Crippen LogP) is 3.53. The fourth-order valence-electron chi connectivity index (χ4n) is 3.04. The minimum atomic E-state index is -0.428.